The van der Waals surface area contributed by atoms with Crippen LogP contribution in [0.2, 0.25) is 0 Å². The SMILES string of the molecule is CCCCCCC(NN)c1ccc(F)cc1C. The zero-order valence-electron chi connectivity index (χ0n) is 10.8. The van der Waals surface area contributed by atoms with Crippen molar-refractivity contribution in [3.63, 3.8) is 0 Å². The standard InChI is InChI=1S/C14H23FN2/c1-3-4-5-6-7-14(17-16)13-9-8-12(15)10-11(13)2/h8-10,14,17H,3-7,16H2,1-2H3. The van der Waals surface area contributed by atoms with Gasteiger partial charge in [-0.05, 0) is 36.6 Å². The van der Waals surface area contributed by atoms with Crippen molar-refractivity contribution in [1.29, 1.82) is 0 Å². The van der Waals surface area contributed by atoms with Crippen molar-refractivity contribution >= 4 is 0 Å². The Morgan fingerprint density at radius 1 is 1.29 bits per heavy atom. The number of unbranched alkanes of at least 4 members (excludes halogenated alkanes) is 3. The lowest BCUT2D eigenvalue weighted by Crippen LogP contribution is -2.28. The maximum absolute atomic E-state index is 13.0. The second-order valence-corrected chi connectivity index (χ2v) is 4.57. The van der Waals surface area contributed by atoms with E-state index >= 15 is 0 Å². The van der Waals surface area contributed by atoms with Crippen LogP contribution in [-0.2, 0) is 0 Å². The molecule has 0 amide bonds. The summed E-state index contributed by atoms with van der Waals surface area (Å²) < 4.78 is 13.0. The molecule has 96 valence electrons. The van der Waals surface area contributed by atoms with Crippen LogP contribution in [0.4, 0.5) is 4.39 Å². The summed E-state index contributed by atoms with van der Waals surface area (Å²) in [7, 11) is 0. The number of nitrogens with two attached hydrogens (primary N) is 1. The van der Waals surface area contributed by atoms with Crippen LogP contribution in [-0.4, -0.2) is 0 Å². The third-order valence-electron chi connectivity index (χ3n) is 3.15. The number of hydrogen-bond donors (Lipinski definition) is 2. The van der Waals surface area contributed by atoms with Gasteiger partial charge in [0.25, 0.3) is 0 Å². The fraction of sp³-hybridized carbons (Fsp3) is 0.571. The molecule has 0 aromatic heterocycles. The fourth-order valence-corrected chi connectivity index (χ4v) is 2.13. The lowest BCUT2D eigenvalue weighted by Gasteiger charge is -2.18. The second-order valence-electron chi connectivity index (χ2n) is 4.57. The van der Waals surface area contributed by atoms with Crippen LogP contribution >= 0.6 is 0 Å². The minimum absolute atomic E-state index is 0.132. The molecular weight excluding hydrogens is 215 g/mol. The zero-order valence-corrected chi connectivity index (χ0v) is 10.8. The highest BCUT2D eigenvalue weighted by molar-refractivity contribution is 5.29. The number of halogens is 1. The first-order valence-electron chi connectivity index (χ1n) is 6.41. The van der Waals surface area contributed by atoms with Gasteiger partial charge < -0.3 is 0 Å². The largest absolute Gasteiger partial charge is 0.271 e. The monoisotopic (exact) mass is 238 g/mol. The molecule has 0 heterocycles. The zero-order chi connectivity index (χ0) is 12.7. The minimum atomic E-state index is -0.187. The summed E-state index contributed by atoms with van der Waals surface area (Å²) in [5.74, 6) is 5.40. The lowest BCUT2D eigenvalue weighted by molar-refractivity contribution is 0.479. The third-order valence-corrected chi connectivity index (χ3v) is 3.15. The van der Waals surface area contributed by atoms with Crippen LogP contribution in [0, 0.1) is 12.7 Å². The quantitative estimate of drug-likeness (QED) is 0.432. The number of aryl methyl sites for hydroxylation is 1. The molecule has 2 nitrogen and oxygen atoms in total. The van der Waals surface area contributed by atoms with E-state index in [9.17, 15) is 4.39 Å². The first-order valence-corrected chi connectivity index (χ1v) is 6.41. The van der Waals surface area contributed by atoms with Gasteiger partial charge in [-0.2, -0.15) is 0 Å². The Kier molecular flexibility index (Phi) is 6.16. The topological polar surface area (TPSA) is 38.0 Å². The highest BCUT2D eigenvalue weighted by Crippen LogP contribution is 2.23. The molecule has 0 saturated heterocycles. The van der Waals surface area contributed by atoms with Gasteiger partial charge in [-0.1, -0.05) is 38.7 Å². The van der Waals surface area contributed by atoms with E-state index in [-0.39, 0.29) is 11.9 Å². The molecule has 0 aliphatic rings. The summed E-state index contributed by atoms with van der Waals surface area (Å²) in [6, 6.07) is 5.02. The molecule has 0 bridgehead atoms. The molecule has 1 rings (SSSR count). The molecule has 0 aliphatic heterocycles. The van der Waals surface area contributed by atoms with Crippen LogP contribution in [0.15, 0.2) is 18.2 Å². The smallest absolute Gasteiger partial charge is 0.123 e. The van der Waals surface area contributed by atoms with Gasteiger partial charge in [0.05, 0.1) is 0 Å². The molecule has 1 aromatic carbocycles. The Hall–Kier alpha value is -0.930. The van der Waals surface area contributed by atoms with Gasteiger partial charge in [-0.25, -0.2) is 4.39 Å². The van der Waals surface area contributed by atoms with Crippen molar-refractivity contribution in [2.45, 2.75) is 52.0 Å². The summed E-state index contributed by atoms with van der Waals surface area (Å²) >= 11 is 0. The van der Waals surface area contributed by atoms with E-state index in [4.69, 9.17) is 5.84 Å². The predicted octanol–water partition coefficient (Wildman–Crippen LogP) is 3.61. The Bertz CT molecular complexity index is 339. The Balaban J connectivity index is 2.59. The van der Waals surface area contributed by atoms with Gasteiger partial charge in [-0.15, -0.1) is 0 Å². The molecule has 3 N–H and O–H groups in total. The van der Waals surface area contributed by atoms with E-state index in [1.165, 1.54) is 25.3 Å². The van der Waals surface area contributed by atoms with Crippen molar-refractivity contribution in [3.05, 3.63) is 35.1 Å². The molecule has 17 heavy (non-hydrogen) atoms. The fourth-order valence-electron chi connectivity index (χ4n) is 2.13. The minimum Gasteiger partial charge on any atom is -0.271 e. The summed E-state index contributed by atoms with van der Waals surface area (Å²) in [6.45, 7) is 4.12. The van der Waals surface area contributed by atoms with E-state index in [2.05, 4.69) is 12.3 Å². The van der Waals surface area contributed by atoms with Crippen molar-refractivity contribution in [2.75, 3.05) is 0 Å². The Morgan fingerprint density at radius 2 is 2.06 bits per heavy atom. The van der Waals surface area contributed by atoms with Crippen LogP contribution in [0.5, 0.6) is 0 Å². The van der Waals surface area contributed by atoms with E-state index in [0.29, 0.717) is 0 Å². The van der Waals surface area contributed by atoms with Crippen molar-refractivity contribution in [1.82, 2.24) is 5.43 Å². The third kappa shape index (κ3) is 4.44. The number of benzene rings is 1. The number of rotatable bonds is 7. The van der Waals surface area contributed by atoms with Crippen LogP contribution in [0.1, 0.15) is 56.2 Å². The second kappa shape index (κ2) is 7.41. The summed E-state index contributed by atoms with van der Waals surface area (Å²) in [6.07, 6.45) is 5.88. The summed E-state index contributed by atoms with van der Waals surface area (Å²) in [5.41, 5.74) is 4.90. The van der Waals surface area contributed by atoms with E-state index in [0.717, 1.165) is 24.0 Å². The summed E-state index contributed by atoms with van der Waals surface area (Å²) in [5, 5.41) is 0. The van der Waals surface area contributed by atoms with Gasteiger partial charge >= 0.3 is 0 Å². The van der Waals surface area contributed by atoms with Crippen LogP contribution in [0.25, 0.3) is 0 Å². The predicted molar refractivity (Wildman–Crippen MR) is 70.0 cm³/mol. The van der Waals surface area contributed by atoms with Gasteiger partial charge in [-0.3, -0.25) is 11.3 Å². The van der Waals surface area contributed by atoms with E-state index in [1.54, 1.807) is 6.07 Å². The molecule has 1 aromatic rings. The molecule has 0 aliphatic carbocycles. The van der Waals surface area contributed by atoms with Gasteiger partial charge in [0.1, 0.15) is 5.82 Å². The number of nitrogens with one attached hydrogen (secondary N) is 1. The average Bonchev–Trinajstić information content (AvgIpc) is 2.31. The molecule has 3 heteroatoms. The molecule has 1 unspecified atom stereocenters. The van der Waals surface area contributed by atoms with Crippen LogP contribution in [0.3, 0.4) is 0 Å². The molecule has 0 radical (unpaired) electrons. The maximum Gasteiger partial charge on any atom is 0.123 e. The highest BCUT2D eigenvalue weighted by atomic mass is 19.1. The first kappa shape index (κ1) is 14.1. The highest BCUT2D eigenvalue weighted by Gasteiger charge is 2.12. The Labute approximate surface area is 103 Å². The lowest BCUT2D eigenvalue weighted by atomic mass is 9.96. The molecule has 0 saturated carbocycles. The molecule has 1 atom stereocenters. The van der Waals surface area contributed by atoms with Crippen molar-refractivity contribution < 1.29 is 4.39 Å². The maximum atomic E-state index is 13.0. The molecule has 0 fully saturated rings. The van der Waals surface area contributed by atoms with Gasteiger partial charge in [0, 0.05) is 6.04 Å². The first-order chi connectivity index (χ1) is 8.19. The summed E-state index contributed by atoms with van der Waals surface area (Å²) in [4.78, 5) is 0. The van der Waals surface area contributed by atoms with E-state index in [1.807, 2.05) is 13.0 Å². The average molecular weight is 238 g/mol. The van der Waals surface area contributed by atoms with Crippen molar-refractivity contribution in [2.24, 2.45) is 5.84 Å². The molecular formula is C14H23FN2. The normalized spacial score (nSPS) is 12.7. The number of hydrogen-bond acceptors (Lipinski definition) is 2. The molecule has 0 spiro atoms. The van der Waals surface area contributed by atoms with Gasteiger partial charge in [0.15, 0.2) is 0 Å². The van der Waals surface area contributed by atoms with Crippen LogP contribution < -0.4 is 11.3 Å². The Morgan fingerprint density at radius 3 is 2.65 bits per heavy atom. The number of hydrazine groups is 1. The van der Waals surface area contributed by atoms with Crippen molar-refractivity contribution in [3.8, 4) is 0 Å². The van der Waals surface area contributed by atoms with E-state index < -0.39 is 0 Å². The van der Waals surface area contributed by atoms with Gasteiger partial charge in [0.2, 0.25) is 0 Å².